The van der Waals surface area contributed by atoms with Crippen LogP contribution in [0.5, 0.6) is 0 Å². The van der Waals surface area contributed by atoms with Gasteiger partial charge in [-0.3, -0.25) is 14.6 Å². The number of nitrogens with one attached hydrogen (secondary N) is 1. The third-order valence-electron chi connectivity index (χ3n) is 6.83. The molecular formula is C26H32ClN3O2. The Hall–Kier alpha value is -2.40. The molecule has 6 heteroatoms. The van der Waals surface area contributed by atoms with Crippen LogP contribution in [0.4, 0.5) is 0 Å². The van der Waals surface area contributed by atoms with Gasteiger partial charge in [-0.05, 0) is 68.9 Å². The fourth-order valence-electron chi connectivity index (χ4n) is 4.96. The Morgan fingerprint density at radius 2 is 1.81 bits per heavy atom. The smallest absolute Gasteiger partial charge is 0.253 e. The minimum atomic E-state index is -0.0180. The summed E-state index contributed by atoms with van der Waals surface area (Å²) in [4.78, 5) is 32.5. The minimum Gasteiger partial charge on any atom is -0.352 e. The van der Waals surface area contributed by atoms with Gasteiger partial charge in [0.25, 0.3) is 11.8 Å². The standard InChI is InChI=1S/C26H32ClN3O2/c1-18-10-11-23(25(31)28-17-19-6-3-2-4-7-19)24(29-18)20-12-14-30(15-13-20)26(32)21-8-5-9-22(27)16-21/h5,8-11,16,19-20H,2-4,6-7,12-15,17H2,1H3,(H,28,31). The van der Waals surface area contributed by atoms with Crippen LogP contribution in [0.15, 0.2) is 36.4 Å². The van der Waals surface area contributed by atoms with Crippen molar-refractivity contribution in [2.45, 2.75) is 57.8 Å². The van der Waals surface area contributed by atoms with Crippen LogP contribution in [0.2, 0.25) is 5.02 Å². The molecule has 1 aliphatic heterocycles. The molecule has 1 aromatic carbocycles. The summed E-state index contributed by atoms with van der Waals surface area (Å²) < 4.78 is 0. The molecule has 1 saturated heterocycles. The highest BCUT2D eigenvalue weighted by Crippen LogP contribution is 2.30. The lowest BCUT2D eigenvalue weighted by atomic mass is 9.88. The van der Waals surface area contributed by atoms with Crippen molar-refractivity contribution < 1.29 is 9.59 Å². The number of aryl methyl sites for hydroxylation is 1. The Bertz CT molecular complexity index is 963. The Labute approximate surface area is 195 Å². The molecule has 170 valence electrons. The van der Waals surface area contributed by atoms with E-state index in [9.17, 15) is 9.59 Å². The van der Waals surface area contributed by atoms with Crippen LogP contribution in [0.3, 0.4) is 0 Å². The second kappa shape index (κ2) is 10.5. The van der Waals surface area contributed by atoms with Gasteiger partial charge in [-0.1, -0.05) is 36.9 Å². The maximum atomic E-state index is 13.0. The van der Waals surface area contributed by atoms with Gasteiger partial charge in [0.15, 0.2) is 0 Å². The lowest BCUT2D eigenvalue weighted by Gasteiger charge is -2.32. The van der Waals surface area contributed by atoms with Gasteiger partial charge < -0.3 is 10.2 Å². The Kier molecular flexibility index (Phi) is 7.46. The average Bonchev–Trinajstić information content (AvgIpc) is 2.83. The molecule has 1 aliphatic carbocycles. The highest BCUT2D eigenvalue weighted by atomic mass is 35.5. The molecule has 0 unspecified atom stereocenters. The number of benzene rings is 1. The van der Waals surface area contributed by atoms with Gasteiger partial charge >= 0.3 is 0 Å². The van der Waals surface area contributed by atoms with Crippen molar-refractivity contribution in [1.82, 2.24) is 15.2 Å². The molecule has 0 radical (unpaired) electrons. The molecule has 2 aliphatic rings. The van der Waals surface area contributed by atoms with Crippen LogP contribution in [-0.4, -0.2) is 41.3 Å². The summed E-state index contributed by atoms with van der Waals surface area (Å²) in [5.74, 6) is 0.758. The molecule has 0 atom stereocenters. The molecule has 1 saturated carbocycles. The van der Waals surface area contributed by atoms with Crippen LogP contribution in [0, 0.1) is 12.8 Å². The maximum absolute atomic E-state index is 13.0. The van der Waals surface area contributed by atoms with Crippen LogP contribution in [0.1, 0.15) is 83.0 Å². The molecule has 5 nitrogen and oxygen atoms in total. The fraction of sp³-hybridized carbons (Fsp3) is 0.500. The molecule has 0 bridgehead atoms. The van der Waals surface area contributed by atoms with Gasteiger partial charge in [0, 0.05) is 41.8 Å². The monoisotopic (exact) mass is 453 g/mol. The van der Waals surface area contributed by atoms with Gasteiger partial charge in [0.05, 0.1) is 11.3 Å². The fourth-order valence-corrected chi connectivity index (χ4v) is 5.15. The normalized spacial score (nSPS) is 17.9. The number of pyridine rings is 1. The van der Waals surface area contributed by atoms with E-state index in [0.29, 0.717) is 35.2 Å². The third-order valence-corrected chi connectivity index (χ3v) is 7.06. The summed E-state index contributed by atoms with van der Waals surface area (Å²) in [7, 11) is 0. The number of carbonyl (C=O) groups excluding carboxylic acids is 2. The number of rotatable bonds is 5. The number of hydrogen-bond acceptors (Lipinski definition) is 3. The Morgan fingerprint density at radius 1 is 1.06 bits per heavy atom. The second-order valence-electron chi connectivity index (χ2n) is 9.18. The van der Waals surface area contributed by atoms with Crippen LogP contribution in [-0.2, 0) is 0 Å². The van der Waals surface area contributed by atoms with Crippen LogP contribution in [0.25, 0.3) is 0 Å². The lowest BCUT2D eigenvalue weighted by molar-refractivity contribution is 0.0710. The largest absolute Gasteiger partial charge is 0.352 e. The zero-order valence-corrected chi connectivity index (χ0v) is 19.5. The summed E-state index contributed by atoms with van der Waals surface area (Å²) in [6.07, 6.45) is 7.86. The van der Waals surface area contributed by atoms with Gasteiger partial charge in [-0.2, -0.15) is 0 Å². The molecule has 1 N–H and O–H groups in total. The van der Waals surface area contributed by atoms with Gasteiger partial charge in [-0.25, -0.2) is 0 Å². The molecule has 4 rings (SSSR count). The first-order chi connectivity index (χ1) is 15.5. The van der Waals surface area contributed by atoms with E-state index in [-0.39, 0.29) is 17.7 Å². The number of amides is 2. The highest BCUT2D eigenvalue weighted by Gasteiger charge is 2.28. The summed E-state index contributed by atoms with van der Waals surface area (Å²) in [6, 6.07) is 10.9. The third kappa shape index (κ3) is 5.50. The molecule has 0 spiro atoms. The van der Waals surface area contributed by atoms with Crippen molar-refractivity contribution >= 4 is 23.4 Å². The predicted molar refractivity (Wildman–Crippen MR) is 127 cm³/mol. The first-order valence-electron chi connectivity index (χ1n) is 11.8. The van der Waals surface area contributed by atoms with E-state index in [2.05, 4.69) is 5.32 Å². The second-order valence-corrected chi connectivity index (χ2v) is 9.61. The molecule has 2 fully saturated rings. The number of nitrogens with zero attached hydrogens (tertiary/aromatic N) is 2. The number of carbonyl (C=O) groups is 2. The van der Waals surface area contributed by atoms with Crippen molar-refractivity contribution in [3.05, 3.63) is 63.9 Å². The zero-order valence-electron chi connectivity index (χ0n) is 18.8. The van der Waals surface area contributed by atoms with Crippen LogP contribution < -0.4 is 5.32 Å². The average molecular weight is 454 g/mol. The topological polar surface area (TPSA) is 62.3 Å². The zero-order chi connectivity index (χ0) is 22.5. The van der Waals surface area contributed by atoms with Crippen LogP contribution >= 0.6 is 11.6 Å². The van der Waals surface area contributed by atoms with Crippen molar-refractivity contribution in [1.29, 1.82) is 0 Å². The number of piperidine rings is 1. The SMILES string of the molecule is Cc1ccc(C(=O)NCC2CCCCC2)c(C2CCN(C(=O)c3cccc(Cl)c3)CC2)n1. The molecule has 32 heavy (non-hydrogen) atoms. The number of halogens is 1. The van der Waals surface area contributed by atoms with Gasteiger partial charge in [0.2, 0.25) is 0 Å². The van der Waals surface area contributed by atoms with Crippen molar-refractivity contribution in [3.63, 3.8) is 0 Å². The lowest BCUT2D eigenvalue weighted by Crippen LogP contribution is -2.38. The van der Waals surface area contributed by atoms with Gasteiger partial charge in [0.1, 0.15) is 0 Å². The Balaban J connectivity index is 1.41. The first kappa shape index (κ1) is 22.8. The summed E-state index contributed by atoms with van der Waals surface area (Å²) in [5, 5.41) is 3.73. The van der Waals surface area contributed by atoms with Gasteiger partial charge in [-0.15, -0.1) is 0 Å². The van der Waals surface area contributed by atoms with E-state index in [1.54, 1.807) is 24.3 Å². The highest BCUT2D eigenvalue weighted by molar-refractivity contribution is 6.30. The number of likely N-dealkylation sites (tertiary alicyclic amines) is 1. The van der Waals surface area contributed by atoms with E-state index in [4.69, 9.17) is 16.6 Å². The first-order valence-corrected chi connectivity index (χ1v) is 12.2. The van der Waals surface area contributed by atoms with E-state index in [1.807, 2.05) is 24.0 Å². The number of hydrogen-bond donors (Lipinski definition) is 1. The predicted octanol–water partition coefficient (Wildman–Crippen LogP) is 5.37. The quantitative estimate of drug-likeness (QED) is 0.661. The molecule has 2 amide bonds. The van der Waals surface area contributed by atoms with E-state index in [1.165, 1.54) is 32.1 Å². The van der Waals surface area contributed by atoms with E-state index < -0.39 is 0 Å². The molecular weight excluding hydrogens is 422 g/mol. The van der Waals surface area contributed by atoms with E-state index in [0.717, 1.165) is 30.8 Å². The van der Waals surface area contributed by atoms with Crippen molar-refractivity contribution in [3.8, 4) is 0 Å². The van der Waals surface area contributed by atoms with Crippen molar-refractivity contribution in [2.24, 2.45) is 5.92 Å². The minimum absolute atomic E-state index is 0.00796. The molecule has 1 aromatic heterocycles. The molecule has 2 heterocycles. The molecule has 2 aromatic rings. The maximum Gasteiger partial charge on any atom is 0.253 e. The number of aromatic nitrogens is 1. The van der Waals surface area contributed by atoms with E-state index >= 15 is 0 Å². The summed E-state index contributed by atoms with van der Waals surface area (Å²) in [5.41, 5.74) is 3.10. The summed E-state index contributed by atoms with van der Waals surface area (Å²) >= 11 is 6.05. The Morgan fingerprint density at radius 3 is 2.53 bits per heavy atom. The van der Waals surface area contributed by atoms with Crippen molar-refractivity contribution in [2.75, 3.05) is 19.6 Å². The summed E-state index contributed by atoms with van der Waals surface area (Å²) in [6.45, 7) is 4.01.